The summed E-state index contributed by atoms with van der Waals surface area (Å²) in [5.74, 6) is -0.820. The number of carboxylic acids is 1. The largest absolute Gasteiger partial charge is 0.481 e. The second-order valence-corrected chi connectivity index (χ2v) is 3.93. The Balaban J connectivity index is 4.16. The van der Waals surface area contributed by atoms with Gasteiger partial charge in [0.25, 0.3) is 0 Å². The highest BCUT2D eigenvalue weighted by atomic mass is 16.4. The molecule has 1 atom stereocenters. The maximum Gasteiger partial charge on any atom is 0.303 e. The highest BCUT2D eigenvalue weighted by Crippen LogP contribution is 2.07. The van der Waals surface area contributed by atoms with Crippen molar-refractivity contribution in [2.24, 2.45) is 0 Å². The van der Waals surface area contributed by atoms with Gasteiger partial charge in [-0.25, -0.2) is 0 Å². The monoisotopic (exact) mass is 230 g/mol. The number of carbonyl (C=O) groups is 2. The van der Waals surface area contributed by atoms with Crippen LogP contribution in [0.25, 0.3) is 0 Å². The van der Waals surface area contributed by atoms with Crippen molar-refractivity contribution in [2.45, 2.75) is 39.2 Å². The summed E-state index contributed by atoms with van der Waals surface area (Å²) in [7, 11) is 1.61. The highest BCUT2D eigenvalue weighted by molar-refractivity contribution is 5.77. The van der Waals surface area contributed by atoms with Crippen LogP contribution >= 0.6 is 0 Å². The van der Waals surface area contributed by atoms with Gasteiger partial charge in [-0.05, 0) is 26.3 Å². The van der Waals surface area contributed by atoms with Crippen molar-refractivity contribution in [3.05, 3.63) is 0 Å². The predicted octanol–water partition coefficient (Wildman–Crippen LogP) is 0.698. The minimum absolute atomic E-state index is 0.0318. The molecule has 0 aromatic rings. The van der Waals surface area contributed by atoms with Crippen molar-refractivity contribution in [1.82, 2.24) is 10.2 Å². The first kappa shape index (κ1) is 14.9. The Morgan fingerprint density at radius 3 is 2.50 bits per heavy atom. The van der Waals surface area contributed by atoms with Crippen molar-refractivity contribution in [2.75, 3.05) is 20.1 Å². The van der Waals surface area contributed by atoms with Crippen LogP contribution in [0.15, 0.2) is 0 Å². The Morgan fingerprint density at radius 2 is 2.06 bits per heavy atom. The van der Waals surface area contributed by atoms with E-state index in [2.05, 4.69) is 5.32 Å². The van der Waals surface area contributed by atoms with Crippen LogP contribution in [0.5, 0.6) is 0 Å². The second-order valence-electron chi connectivity index (χ2n) is 3.93. The van der Waals surface area contributed by atoms with Gasteiger partial charge in [0.15, 0.2) is 0 Å². The maximum atomic E-state index is 11.3. The Labute approximate surface area is 96.8 Å². The standard InChI is InChI=1S/C11H22N2O3/c1-4-7-13(8-10(14)12-3)9(2)5-6-11(15)16/h9H,4-8H2,1-3H3,(H,12,14)(H,15,16). The molecule has 0 aliphatic heterocycles. The molecule has 1 amide bonds. The normalized spacial score (nSPS) is 12.5. The number of amides is 1. The van der Waals surface area contributed by atoms with E-state index in [1.165, 1.54) is 0 Å². The van der Waals surface area contributed by atoms with Gasteiger partial charge in [-0.3, -0.25) is 14.5 Å². The molecule has 0 aliphatic rings. The van der Waals surface area contributed by atoms with Gasteiger partial charge in [0, 0.05) is 19.5 Å². The lowest BCUT2D eigenvalue weighted by molar-refractivity contribution is -0.137. The molecule has 5 heteroatoms. The Hall–Kier alpha value is -1.10. The number of rotatable bonds is 8. The molecule has 0 saturated heterocycles. The number of hydrogen-bond acceptors (Lipinski definition) is 3. The maximum absolute atomic E-state index is 11.3. The van der Waals surface area contributed by atoms with Crippen LogP contribution in [0.1, 0.15) is 33.1 Å². The molecule has 0 aliphatic carbocycles. The second kappa shape index (κ2) is 8.10. The number of hydrogen-bond donors (Lipinski definition) is 2. The van der Waals surface area contributed by atoms with Crippen LogP contribution in [-0.4, -0.2) is 48.1 Å². The molecule has 0 fully saturated rings. The minimum atomic E-state index is -0.789. The number of likely N-dealkylation sites (N-methyl/N-ethyl adjacent to an activating group) is 1. The van der Waals surface area contributed by atoms with E-state index >= 15 is 0 Å². The van der Waals surface area contributed by atoms with Gasteiger partial charge in [0.1, 0.15) is 0 Å². The zero-order valence-corrected chi connectivity index (χ0v) is 10.3. The summed E-state index contributed by atoms with van der Waals surface area (Å²) in [6.45, 7) is 5.15. The number of nitrogens with zero attached hydrogens (tertiary/aromatic N) is 1. The third kappa shape index (κ3) is 6.40. The number of aliphatic carboxylic acids is 1. The number of carbonyl (C=O) groups excluding carboxylic acids is 1. The smallest absolute Gasteiger partial charge is 0.303 e. The quantitative estimate of drug-likeness (QED) is 0.644. The lowest BCUT2D eigenvalue weighted by Gasteiger charge is -2.27. The van der Waals surface area contributed by atoms with Gasteiger partial charge in [0.2, 0.25) is 5.91 Å². The third-order valence-electron chi connectivity index (χ3n) is 2.54. The third-order valence-corrected chi connectivity index (χ3v) is 2.54. The van der Waals surface area contributed by atoms with E-state index in [0.29, 0.717) is 13.0 Å². The van der Waals surface area contributed by atoms with E-state index in [0.717, 1.165) is 13.0 Å². The average molecular weight is 230 g/mol. The van der Waals surface area contributed by atoms with E-state index in [1.54, 1.807) is 7.05 Å². The van der Waals surface area contributed by atoms with E-state index in [1.807, 2.05) is 18.7 Å². The zero-order valence-electron chi connectivity index (χ0n) is 10.3. The Morgan fingerprint density at radius 1 is 1.44 bits per heavy atom. The van der Waals surface area contributed by atoms with Crippen LogP contribution < -0.4 is 5.32 Å². The van der Waals surface area contributed by atoms with Crippen molar-refractivity contribution in [3.8, 4) is 0 Å². The van der Waals surface area contributed by atoms with E-state index in [4.69, 9.17) is 5.11 Å². The van der Waals surface area contributed by atoms with E-state index < -0.39 is 5.97 Å². The van der Waals surface area contributed by atoms with Crippen LogP contribution in [0.3, 0.4) is 0 Å². The number of nitrogens with one attached hydrogen (secondary N) is 1. The molecule has 0 heterocycles. The molecule has 2 N–H and O–H groups in total. The molecule has 16 heavy (non-hydrogen) atoms. The van der Waals surface area contributed by atoms with Gasteiger partial charge in [0.05, 0.1) is 6.54 Å². The summed E-state index contributed by atoms with van der Waals surface area (Å²) >= 11 is 0. The summed E-state index contributed by atoms with van der Waals surface area (Å²) in [5.41, 5.74) is 0. The molecule has 0 saturated carbocycles. The fourth-order valence-electron chi connectivity index (χ4n) is 1.52. The topological polar surface area (TPSA) is 69.6 Å². The first-order valence-corrected chi connectivity index (χ1v) is 5.67. The van der Waals surface area contributed by atoms with Crippen molar-refractivity contribution in [1.29, 1.82) is 0 Å². The van der Waals surface area contributed by atoms with Gasteiger partial charge < -0.3 is 10.4 Å². The lowest BCUT2D eigenvalue weighted by Crippen LogP contribution is -2.41. The van der Waals surface area contributed by atoms with Crippen LogP contribution in [0.2, 0.25) is 0 Å². The molecule has 94 valence electrons. The first-order valence-electron chi connectivity index (χ1n) is 5.67. The van der Waals surface area contributed by atoms with Gasteiger partial charge in [-0.1, -0.05) is 6.92 Å². The van der Waals surface area contributed by atoms with Crippen LogP contribution in [-0.2, 0) is 9.59 Å². The first-order chi connectivity index (χ1) is 7.51. The summed E-state index contributed by atoms with van der Waals surface area (Å²) in [6, 6.07) is 0.119. The summed E-state index contributed by atoms with van der Waals surface area (Å²) in [4.78, 5) is 23.8. The van der Waals surface area contributed by atoms with Gasteiger partial charge >= 0.3 is 5.97 Å². The number of carboxylic acid groups (broad SMARTS) is 1. The Bertz CT molecular complexity index is 231. The molecular weight excluding hydrogens is 208 g/mol. The SMILES string of the molecule is CCCN(CC(=O)NC)C(C)CCC(=O)O. The zero-order chi connectivity index (χ0) is 12.6. The van der Waals surface area contributed by atoms with Crippen molar-refractivity contribution in [3.63, 3.8) is 0 Å². The predicted molar refractivity (Wildman–Crippen MR) is 62.3 cm³/mol. The molecule has 0 aromatic heterocycles. The van der Waals surface area contributed by atoms with Gasteiger partial charge in [-0.15, -0.1) is 0 Å². The molecular formula is C11H22N2O3. The highest BCUT2D eigenvalue weighted by Gasteiger charge is 2.16. The van der Waals surface area contributed by atoms with Crippen molar-refractivity contribution < 1.29 is 14.7 Å². The van der Waals surface area contributed by atoms with Crippen molar-refractivity contribution >= 4 is 11.9 Å². The fraction of sp³-hybridized carbons (Fsp3) is 0.818. The molecule has 5 nitrogen and oxygen atoms in total. The fourth-order valence-corrected chi connectivity index (χ4v) is 1.52. The molecule has 0 spiro atoms. The van der Waals surface area contributed by atoms with Crippen LogP contribution in [0, 0.1) is 0 Å². The molecule has 0 radical (unpaired) electrons. The van der Waals surface area contributed by atoms with Gasteiger partial charge in [-0.2, -0.15) is 0 Å². The summed E-state index contributed by atoms with van der Waals surface area (Å²) in [5, 5.41) is 11.2. The minimum Gasteiger partial charge on any atom is -0.481 e. The molecule has 1 unspecified atom stereocenters. The molecule has 0 bridgehead atoms. The molecule has 0 aromatic carbocycles. The van der Waals surface area contributed by atoms with E-state index in [-0.39, 0.29) is 18.4 Å². The van der Waals surface area contributed by atoms with Crippen LogP contribution in [0.4, 0.5) is 0 Å². The summed E-state index contributed by atoms with van der Waals surface area (Å²) < 4.78 is 0. The summed E-state index contributed by atoms with van der Waals surface area (Å²) in [6.07, 6.45) is 1.68. The lowest BCUT2D eigenvalue weighted by atomic mass is 10.1. The van der Waals surface area contributed by atoms with E-state index in [9.17, 15) is 9.59 Å². The Kier molecular flexibility index (Phi) is 7.54. The molecule has 0 rings (SSSR count). The average Bonchev–Trinajstić information content (AvgIpc) is 2.24.